The second-order valence-electron chi connectivity index (χ2n) is 5.94. The number of pyridine rings is 1. The number of hydrogen-bond acceptors (Lipinski definition) is 7. The van der Waals surface area contributed by atoms with E-state index >= 15 is 0 Å². The fraction of sp³-hybridized carbons (Fsp3) is 0.222. The van der Waals surface area contributed by atoms with E-state index in [1.807, 2.05) is 18.2 Å². The lowest BCUT2D eigenvalue weighted by Crippen LogP contribution is -2.49. The Hall–Kier alpha value is -3.62. The van der Waals surface area contributed by atoms with Crippen LogP contribution in [0.1, 0.15) is 21.0 Å². The highest BCUT2D eigenvalue weighted by Crippen LogP contribution is 2.16. The van der Waals surface area contributed by atoms with Gasteiger partial charge >= 0.3 is 6.01 Å². The second-order valence-corrected chi connectivity index (χ2v) is 5.94. The zero-order valence-electron chi connectivity index (χ0n) is 14.4. The molecule has 9 nitrogen and oxygen atoms in total. The van der Waals surface area contributed by atoms with E-state index in [-0.39, 0.29) is 23.4 Å². The summed E-state index contributed by atoms with van der Waals surface area (Å²) in [5.41, 5.74) is 0.149. The van der Waals surface area contributed by atoms with Crippen molar-refractivity contribution >= 4 is 23.6 Å². The average molecular weight is 367 g/mol. The molecule has 9 heteroatoms. The predicted molar refractivity (Wildman–Crippen MR) is 95.5 cm³/mol. The third-order valence-corrected chi connectivity index (χ3v) is 4.23. The quantitative estimate of drug-likeness (QED) is 0.750. The summed E-state index contributed by atoms with van der Waals surface area (Å²) in [4.78, 5) is 36.7. The van der Waals surface area contributed by atoms with Gasteiger partial charge in [-0.3, -0.25) is 14.9 Å². The summed E-state index contributed by atoms with van der Waals surface area (Å²) in [5, 5.41) is 2.45. The highest BCUT2D eigenvalue weighted by Gasteiger charge is 2.25. The Balaban J connectivity index is 1.35. The zero-order valence-corrected chi connectivity index (χ0v) is 14.4. The molecule has 1 aliphatic heterocycles. The Labute approximate surface area is 154 Å². The van der Waals surface area contributed by atoms with E-state index in [9.17, 15) is 9.59 Å². The average Bonchev–Trinajstić information content (AvgIpc) is 3.40. The van der Waals surface area contributed by atoms with Gasteiger partial charge < -0.3 is 18.6 Å². The molecule has 1 N–H and O–H groups in total. The summed E-state index contributed by atoms with van der Waals surface area (Å²) in [6.07, 6.45) is 4.38. The van der Waals surface area contributed by atoms with Gasteiger partial charge in [0.15, 0.2) is 11.5 Å². The maximum absolute atomic E-state index is 12.6. The number of aromatic nitrogens is 2. The second kappa shape index (κ2) is 7.32. The Morgan fingerprint density at radius 2 is 1.89 bits per heavy atom. The van der Waals surface area contributed by atoms with Crippen molar-refractivity contribution in [3.05, 3.63) is 60.5 Å². The third-order valence-electron chi connectivity index (χ3n) is 4.23. The minimum atomic E-state index is -0.496. The fourth-order valence-electron chi connectivity index (χ4n) is 2.84. The van der Waals surface area contributed by atoms with Gasteiger partial charge in [0.1, 0.15) is 12.1 Å². The van der Waals surface area contributed by atoms with Gasteiger partial charge in [-0.2, -0.15) is 4.98 Å². The number of furan rings is 1. The van der Waals surface area contributed by atoms with Crippen LogP contribution in [0.2, 0.25) is 0 Å². The third kappa shape index (κ3) is 3.66. The maximum atomic E-state index is 12.6. The Morgan fingerprint density at radius 3 is 2.59 bits per heavy atom. The first-order valence-corrected chi connectivity index (χ1v) is 8.46. The van der Waals surface area contributed by atoms with E-state index in [2.05, 4.69) is 20.2 Å². The van der Waals surface area contributed by atoms with Crippen molar-refractivity contribution in [3.63, 3.8) is 0 Å². The fourth-order valence-corrected chi connectivity index (χ4v) is 2.84. The van der Waals surface area contributed by atoms with Gasteiger partial charge in [-0.15, -0.1) is 0 Å². The molecule has 0 aliphatic carbocycles. The zero-order chi connectivity index (χ0) is 18.6. The molecular weight excluding hydrogens is 350 g/mol. The van der Waals surface area contributed by atoms with Gasteiger partial charge in [0.25, 0.3) is 11.8 Å². The molecule has 0 unspecified atom stereocenters. The minimum absolute atomic E-state index is 0.0492. The standard InChI is InChI=1S/C18H17N5O4/c24-16(14-4-3-11-26-14)21-18-20-13(12-27-18)17(25)23-9-7-22(8-10-23)15-5-1-2-6-19-15/h1-6,11-12H,7-10H2,(H,20,21,24). The number of carbonyl (C=O) groups is 2. The lowest BCUT2D eigenvalue weighted by Gasteiger charge is -2.35. The van der Waals surface area contributed by atoms with Crippen molar-refractivity contribution in [1.82, 2.24) is 14.9 Å². The summed E-state index contributed by atoms with van der Waals surface area (Å²) in [6.45, 7) is 2.47. The molecule has 1 fully saturated rings. The number of anilines is 2. The number of nitrogens with zero attached hydrogens (tertiary/aromatic N) is 4. The number of rotatable bonds is 4. The van der Waals surface area contributed by atoms with Crippen molar-refractivity contribution in [3.8, 4) is 0 Å². The number of piperazine rings is 1. The Bertz CT molecular complexity index is 914. The molecule has 0 spiro atoms. The molecule has 0 radical (unpaired) electrons. The Kier molecular flexibility index (Phi) is 4.56. The first kappa shape index (κ1) is 16.8. The molecule has 2 amide bonds. The van der Waals surface area contributed by atoms with Gasteiger partial charge in [0, 0.05) is 32.4 Å². The van der Waals surface area contributed by atoms with Crippen LogP contribution in [0.5, 0.6) is 0 Å². The smallest absolute Gasteiger partial charge is 0.302 e. The maximum Gasteiger partial charge on any atom is 0.302 e. The van der Waals surface area contributed by atoms with Crippen LogP contribution < -0.4 is 10.2 Å². The van der Waals surface area contributed by atoms with E-state index in [0.717, 1.165) is 5.82 Å². The molecular formula is C18H17N5O4. The number of nitrogens with one attached hydrogen (secondary N) is 1. The summed E-state index contributed by atoms with van der Waals surface area (Å²) < 4.78 is 10.2. The van der Waals surface area contributed by atoms with Crippen molar-refractivity contribution in [2.24, 2.45) is 0 Å². The van der Waals surface area contributed by atoms with Crippen molar-refractivity contribution in [2.45, 2.75) is 0 Å². The van der Waals surface area contributed by atoms with Gasteiger partial charge in [-0.25, -0.2) is 4.98 Å². The number of oxazole rings is 1. The molecule has 3 aromatic heterocycles. The lowest BCUT2D eigenvalue weighted by atomic mass is 10.3. The summed E-state index contributed by atoms with van der Waals surface area (Å²) in [5.74, 6) is 0.295. The van der Waals surface area contributed by atoms with Crippen molar-refractivity contribution in [1.29, 1.82) is 0 Å². The van der Waals surface area contributed by atoms with Crippen LogP contribution in [0, 0.1) is 0 Å². The molecule has 0 saturated carbocycles. The predicted octanol–water partition coefficient (Wildman–Crippen LogP) is 1.88. The molecule has 0 atom stereocenters. The van der Waals surface area contributed by atoms with Gasteiger partial charge in [-0.05, 0) is 24.3 Å². The first-order chi connectivity index (χ1) is 13.2. The largest absolute Gasteiger partial charge is 0.459 e. The number of hydrogen-bond donors (Lipinski definition) is 1. The molecule has 0 bridgehead atoms. The molecule has 3 aromatic rings. The normalized spacial score (nSPS) is 14.2. The number of amides is 2. The van der Waals surface area contributed by atoms with Crippen molar-refractivity contribution in [2.75, 3.05) is 36.4 Å². The topological polar surface area (TPSA) is 105 Å². The van der Waals surface area contributed by atoms with E-state index in [4.69, 9.17) is 8.83 Å². The summed E-state index contributed by atoms with van der Waals surface area (Å²) in [7, 11) is 0. The van der Waals surface area contributed by atoms with Crippen LogP contribution in [0.15, 0.2) is 57.9 Å². The summed E-state index contributed by atoms with van der Waals surface area (Å²) in [6, 6.07) is 8.83. The number of carbonyl (C=O) groups excluding carboxylic acids is 2. The van der Waals surface area contributed by atoms with Crippen LogP contribution in [-0.4, -0.2) is 52.9 Å². The highest BCUT2D eigenvalue weighted by atomic mass is 16.4. The lowest BCUT2D eigenvalue weighted by molar-refractivity contribution is 0.0740. The minimum Gasteiger partial charge on any atom is -0.459 e. The monoisotopic (exact) mass is 367 g/mol. The van der Waals surface area contributed by atoms with Crippen LogP contribution in [0.25, 0.3) is 0 Å². The molecule has 0 aromatic carbocycles. The Morgan fingerprint density at radius 1 is 1.04 bits per heavy atom. The van der Waals surface area contributed by atoms with E-state index in [1.54, 1.807) is 17.2 Å². The first-order valence-electron chi connectivity index (χ1n) is 8.46. The molecule has 1 aliphatic rings. The van der Waals surface area contributed by atoms with Gasteiger partial charge in [0.2, 0.25) is 0 Å². The van der Waals surface area contributed by atoms with Crippen LogP contribution >= 0.6 is 0 Å². The summed E-state index contributed by atoms with van der Waals surface area (Å²) >= 11 is 0. The van der Waals surface area contributed by atoms with E-state index in [1.165, 1.54) is 18.6 Å². The molecule has 4 heterocycles. The van der Waals surface area contributed by atoms with Crippen LogP contribution in [-0.2, 0) is 0 Å². The highest BCUT2D eigenvalue weighted by molar-refractivity contribution is 6.01. The molecule has 1 saturated heterocycles. The van der Waals surface area contributed by atoms with Crippen molar-refractivity contribution < 1.29 is 18.4 Å². The van der Waals surface area contributed by atoms with Crippen LogP contribution in [0.4, 0.5) is 11.8 Å². The van der Waals surface area contributed by atoms with Crippen LogP contribution in [0.3, 0.4) is 0 Å². The van der Waals surface area contributed by atoms with E-state index in [0.29, 0.717) is 26.2 Å². The van der Waals surface area contributed by atoms with E-state index < -0.39 is 5.91 Å². The SMILES string of the molecule is O=C(Nc1nc(C(=O)N2CCN(c3ccccn3)CC2)co1)c1ccco1. The molecule has 138 valence electrons. The van der Waals surface area contributed by atoms with Gasteiger partial charge in [0.05, 0.1) is 6.26 Å². The molecule has 27 heavy (non-hydrogen) atoms. The van der Waals surface area contributed by atoms with Gasteiger partial charge in [-0.1, -0.05) is 6.07 Å². The molecule has 4 rings (SSSR count).